The summed E-state index contributed by atoms with van der Waals surface area (Å²) in [5, 5.41) is 15.8. The molecule has 5 nitrogen and oxygen atoms in total. The summed E-state index contributed by atoms with van der Waals surface area (Å²) in [5.41, 5.74) is 1.26. The first-order valence-electron chi connectivity index (χ1n) is 6.84. The van der Waals surface area contributed by atoms with Crippen LogP contribution in [0.3, 0.4) is 0 Å². The number of hydrogen-bond acceptors (Lipinski definition) is 4. The van der Waals surface area contributed by atoms with Gasteiger partial charge >= 0.3 is 0 Å². The van der Waals surface area contributed by atoms with Crippen LogP contribution in [0, 0.1) is 10.1 Å². The van der Waals surface area contributed by atoms with Gasteiger partial charge in [0.1, 0.15) is 5.69 Å². The lowest BCUT2D eigenvalue weighted by Crippen LogP contribution is -2.12. The van der Waals surface area contributed by atoms with Crippen molar-refractivity contribution in [2.24, 2.45) is 0 Å². The summed E-state index contributed by atoms with van der Waals surface area (Å²) in [4.78, 5) is 23.9. The van der Waals surface area contributed by atoms with Gasteiger partial charge in [-0.2, -0.15) is 0 Å². The van der Waals surface area contributed by atoms with E-state index < -0.39 is 4.92 Å². The second-order valence-electron chi connectivity index (χ2n) is 4.79. The number of thiophene rings is 1. The molecule has 2 aromatic carbocycles. The Morgan fingerprint density at radius 1 is 1.04 bits per heavy atom. The molecule has 6 heteroatoms. The lowest BCUT2D eigenvalue weighted by Gasteiger charge is -2.07. The third-order valence-electron chi connectivity index (χ3n) is 3.28. The number of amides is 1. The van der Waals surface area contributed by atoms with E-state index in [0.29, 0.717) is 5.56 Å². The topological polar surface area (TPSA) is 72.2 Å². The SMILES string of the molecule is O=C(Nc1ccc(-c2cccs2)cc1[N+](=O)[O-])c1ccccc1. The summed E-state index contributed by atoms with van der Waals surface area (Å²) in [7, 11) is 0. The number of carbonyl (C=O) groups is 1. The summed E-state index contributed by atoms with van der Waals surface area (Å²) in [6, 6.07) is 17.2. The van der Waals surface area contributed by atoms with Gasteiger partial charge in [-0.05, 0) is 35.2 Å². The molecule has 1 heterocycles. The average molecular weight is 324 g/mol. The van der Waals surface area contributed by atoms with Gasteiger partial charge in [-0.1, -0.05) is 30.3 Å². The Hall–Kier alpha value is -2.99. The highest BCUT2D eigenvalue weighted by Gasteiger charge is 2.18. The first-order chi connectivity index (χ1) is 11.1. The summed E-state index contributed by atoms with van der Waals surface area (Å²) in [6.07, 6.45) is 0. The molecule has 0 atom stereocenters. The number of anilines is 1. The second kappa shape index (κ2) is 6.41. The minimum Gasteiger partial charge on any atom is -0.316 e. The molecule has 0 saturated carbocycles. The van der Waals surface area contributed by atoms with E-state index in [9.17, 15) is 14.9 Å². The summed E-state index contributed by atoms with van der Waals surface area (Å²) < 4.78 is 0. The largest absolute Gasteiger partial charge is 0.316 e. The second-order valence-corrected chi connectivity index (χ2v) is 5.73. The number of rotatable bonds is 4. The third-order valence-corrected chi connectivity index (χ3v) is 4.20. The molecular formula is C17H12N2O3S. The highest BCUT2D eigenvalue weighted by atomic mass is 32.1. The molecule has 0 aliphatic carbocycles. The maximum Gasteiger partial charge on any atom is 0.293 e. The van der Waals surface area contributed by atoms with E-state index >= 15 is 0 Å². The van der Waals surface area contributed by atoms with Crippen molar-refractivity contribution < 1.29 is 9.72 Å². The molecule has 0 fully saturated rings. The molecule has 3 aromatic rings. The third kappa shape index (κ3) is 3.27. The Balaban J connectivity index is 1.93. The van der Waals surface area contributed by atoms with Crippen molar-refractivity contribution in [3.63, 3.8) is 0 Å². The maximum atomic E-state index is 12.2. The van der Waals surface area contributed by atoms with Gasteiger partial charge in [0.15, 0.2) is 0 Å². The van der Waals surface area contributed by atoms with Crippen LogP contribution in [0.4, 0.5) is 11.4 Å². The van der Waals surface area contributed by atoms with Gasteiger partial charge in [0.2, 0.25) is 0 Å². The highest BCUT2D eigenvalue weighted by Crippen LogP contribution is 2.32. The monoisotopic (exact) mass is 324 g/mol. The van der Waals surface area contributed by atoms with Gasteiger partial charge in [0.05, 0.1) is 4.92 Å². The molecule has 114 valence electrons. The van der Waals surface area contributed by atoms with E-state index in [0.717, 1.165) is 10.4 Å². The molecule has 0 saturated heterocycles. The van der Waals surface area contributed by atoms with Crippen LogP contribution >= 0.6 is 11.3 Å². The van der Waals surface area contributed by atoms with Crippen molar-refractivity contribution in [2.45, 2.75) is 0 Å². The fraction of sp³-hybridized carbons (Fsp3) is 0. The van der Waals surface area contributed by atoms with Crippen LogP contribution in [0.1, 0.15) is 10.4 Å². The van der Waals surface area contributed by atoms with E-state index in [1.54, 1.807) is 42.5 Å². The Labute approximate surface area is 136 Å². The van der Waals surface area contributed by atoms with Gasteiger partial charge in [-0.3, -0.25) is 14.9 Å². The molecule has 1 aromatic heterocycles. The van der Waals surface area contributed by atoms with Crippen molar-refractivity contribution in [1.82, 2.24) is 0 Å². The fourth-order valence-electron chi connectivity index (χ4n) is 2.17. The predicted octanol–water partition coefficient (Wildman–Crippen LogP) is 4.58. The molecule has 0 aliphatic rings. The molecule has 1 amide bonds. The first-order valence-corrected chi connectivity index (χ1v) is 7.72. The Bertz CT molecular complexity index is 846. The van der Waals surface area contributed by atoms with Crippen molar-refractivity contribution in [3.05, 3.63) is 81.7 Å². The molecule has 0 spiro atoms. The average Bonchev–Trinajstić information content (AvgIpc) is 3.10. The van der Waals surface area contributed by atoms with E-state index in [1.807, 2.05) is 17.5 Å². The summed E-state index contributed by atoms with van der Waals surface area (Å²) >= 11 is 1.50. The Morgan fingerprint density at radius 3 is 2.48 bits per heavy atom. The number of nitro benzene ring substituents is 1. The number of nitro groups is 1. The molecular weight excluding hydrogens is 312 g/mol. The standard InChI is InChI=1S/C17H12N2O3S/c20-17(12-5-2-1-3-6-12)18-14-9-8-13(11-15(14)19(21)22)16-7-4-10-23-16/h1-11H,(H,18,20). The van der Waals surface area contributed by atoms with E-state index in [1.165, 1.54) is 17.4 Å². The number of benzene rings is 2. The van der Waals surface area contributed by atoms with Crippen molar-refractivity contribution >= 4 is 28.6 Å². The Kier molecular flexibility index (Phi) is 4.16. The van der Waals surface area contributed by atoms with Gasteiger partial charge in [0, 0.05) is 16.5 Å². The maximum absolute atomic E-state index is 12.2. The zero-order valence-corrected chi connectivity index (χ0v) is 12.7. The van der Waals surface area contributed by atoms with Crippen LogP contribution in [0.2, 0.25) is 0 Å². The van der Waals surface area contributed by atoms with Crippen LogP contribution < -0.4 is 5.32 Å². The first kappa shape index (κ1) is 14.9. The van der Waals surface area contributed by atoms with Crippen LogP contribution in [-0.2, 0) is 0 Å². The summed E-state index contributed by atoms with van der Waals surface area (Å²) in [6.45, 7) is 0. The smallest absolute Gasteiger partial charge is 0.293 e. The quantitative estimate of drug-likeness (QED) is 0.564. The molecule has 0 radical (unpaired) electrons. The minimum absolute atomic E-state index is 0.125. The molecule has 3 rings (SSSR count). The molecule has 0 aliphatic heterocycles. The van der Waals surface area contributed by atoms with Crippen molar-refractivity contribution in [1.29, 1.82) is 0 Å². The number of nitrogens with one attached hydrogen (secondary N) is 1. The van der Waals surface area contributed by atoms with E-state index in [2.05, 4.69) is 5.32 Å². The highest BCUT2D eigenvalue weighted by molar-refractivity contribution is 7.13. The van der Waals surface area contributed by atoms with Crippen LogP contribution in [0.15, 0.2) is 66.0 Å². The van der Waals surface area contributed by atoms with Crippen molar-refractivity contribution in [3.8, 4) is 10.4 Å². The Morgan fingerprint density at radius 2 is 1.83 bits per heavy atom. The number of hydrogen-bond donors (Lipinski definition) is 1. The van der Waals surface area contributed by atoms with E-state index in [-0.39, 0.29) is 17.3 Å². The van der Waals surface area contributed by atoms with Crippen LogP contribution in [0.25, 0.3) is 10.4 Å². The van der Waals surface area contributed by atoms with Crippen LogP contribution in [0.5, 0.6) is 0 Å². The lowest BCUT2D eigenvalue weighted by atomic mass is 10.1. The molecule has 23 heavy (non-hydrogen) atoms. The zero-order valence-electron chi connectivity index (χ0n) is 11.9. The number of carbonyl (C=O) groups excluding carboxylic acids is 1. The lowest BCUT2D eigenvalue weighted by molar-refractivity contribution is -0.383. The molecule has 0 bridgehead atoms. The number of nitrogens with zero attached hydrogens (tertiary/aromatic N) is 1. The predicted molar refractivity (Wildman–Crippen MR) is 90.8 cm³/mol. The van der Waals surface area contributed by atoms with Gasteiger partial charge in [-0.25, -0.2) is 0 Å². The van der Waals surface area contributed by atoms with Gasteiger partial charge < -0.3 is 5.32 Å². The van der Waals surface area contributed by atoms with Gasteiger partial charge in [0.25, 0.3) is 11.6 Å². The normalized spacial score (nSPS) is 10.3. The molecule has 1 N–H and O–H groups in total. The zero-order chi connectivity index (χ0) is 16.2. The van der Waals surface area contributed by atoms with Crippen LogP contribution in [-0.4, -0.2) is 10.8 Å². The van der Waals surface area contributed by atoms with Crippen molar-refractivity contribution in [2.75, 3.05) is 5.32 Å². The summed E-state index contributed by atoms with van der Waals surface area (Å²) in [5.74, 6) is -0.377. The van der Waals surface area contributed by atoms with Gasteiger partial charge in [-0.15, -0.1) is 11.3 Å². The minimum atomic E-state index is -0.488. The van der Waals surface area contributed by atoms with E-state index in [4.69, 9.17) is 0 Å². The molecule has 0 unspecified atom stereocenters. The fourth-order valence-corrected chi connectivity index (χ4v) is 2.89.